The molecule has 0 spiro atoms. The summed E-state index contributed by atoms with van der Waals surface area (Å²) in [5.74, 6) is -1.13. The second kappa shape index (κ2) is 10.7. The van der Waals surface area contributed by atoms with Crippen LogP contribution in [-0.2, 0) is 16.1 Å². The van der Waals surface area contributed by atoms with Crippen LogP contribution in [0.15, 0.2) is 60.9 Å². The van der Waals surface area contributed by atoms with Gasteiger partial charge in [0.15, 0.2) is 0 Å². The zero-order valence-electron chi connectivity index (χ0n) is 18.0. The summed E-state index contributed by atoms with van der Waals surface area (Å²) in [5.41, 5.74) is 1.70. The number of carbonyl (C=O) groups is 3. The average molecular weight is 450 g/mol. The third-order valence-electron chi connectivity index (χ3n) is 4.59. The lowest BCUT2D eigenvalue weighted by Gasteiger charge is -2.23. The van der Waals surface area contributed by atoms with Crippen LogP contribution in [0.1, 0.15) is 22.3 Å². The van der Waals surface area contributed by atoms with Crippen LogP contribution in [0.25, 0.3) is 0 Å². The van der Waals surface area contributed by atoms with E-state index >= 15 is 0 Å². The number of benzene rings is 2. The molecule has 0 saturated carbocycles. The van der Waals surface area contributed by atoms with Crippen LogP contribution in [-0.4, -0.2) is 47.1 Å². The van der Waals surface area contributed by atoms with Gasteiger partial charge in [0.2, 0.25) is 11.9 Å². The molecule has 0 radical (unpaired) electrons. The van der Waals surface area contributed by atoms with Gasteiger partial charge in [-0.2, -0.15) is 0 Å². The SMILES string of the molecule is COc1ccc(CN(C(=O)c2cnc(NC(=O)CC(=O)O)nc2)c2ccc(OC)cc2)cc1. The molecule has 0 bridgehead atoms. The second-order valence-electron chi connectivity index (χ2n) is 6.85. The molecule has 0 fully saturated rings. The van der Waals surface area contributed by atoms with Gasteiger partial charge in [-0.1, -0.05) is 12.1 Å². The number of methoxy groups -OCH3 is 2. The van der Waals surface area contributed by atoms with Crippen molar-refractivity contribution in [2.24, 2.45) is 0 Å². The van der Waals surface area contributed by atoms with Crippen LogP contribution in [0.3, 0.4) is 0 Å². The fraction of sp³-hybridized carbons (Fsp3) is 0.174. The fourth-order valence-electron chi connectivity index (χ4n) is 2.92. The zero-order chi connectivity index (χ0) is 23.8. The van der Waals surface area contributed by atoms with Crippen molar-refractivity contribution in [2.75, 3.05) is 24.4 Å². The minimum Gasteiger partial charge on any atom is -0.497 e. The minimum atomic E-state index is -1.27. The van der Waals surface area contributed by atoms with E-state index in [2.05, 4.69) is 15.3 Å². The van der Waals surface area contributed by atoms with Crippen molar-refractivity contribution in [1.29, 1.82) is 0 Å². The molecule has 3 rings (SSSR count). The average Bonchev–Trinajstić information content (AvgIpc) is 2.82. The molecular weight excluding hydrogens is 428 g/mol. The first kappa shape index (κ1) is 23.2. The smallest absolute Gasteiger partial charge is 0.312 e. The number of carboxylic acids is 1. The topological polar surface area (TPSA) is 131 Å². The monoisotopic (exact) mass is 450 g/mol. The van der Waals surface area contributed by atoms with Gasteiger partial charge in [-0.15, -0.1) is 0 Å². The van der Waals surface area contributed by atoms with Gasteiger partial charge in [-0.05, 0) is 42.0 Å². The maximum absolute atomic E-state index is 13.3. The Bertz CT molecular complexity index is 1120. The Hall–Kier alpha value is -4.47. The standard InChI is InChI=1S/C23H22N4O6/c1-32-18-7-3-15(4-8-18)14-27(17-5-9-19(33-2)10-6-17)22(31)16-12-24-23(25-13-16)26-20(28)11-21(29)30/h3-10,12-13H,11,14H2,1-2H3,(H,29,30)(H,24,25,26,28). The summed E-state index contributed by atoms with van der Waals surface area (Å²) < 4.78 is 10.4. The molecule has 2 amide bonds. The number of aromatic nitrogens is 2. The van der Waals surface area contributed by atoms with Gasteiger partial charge >= 0.3 is 5.97 Å². The number of rotatable bonds is 9. The Morgan fingerprint density at radius 2 is 1.45 bits per heavy atom. The number of amides is 2. The van der Waals surface area contributed by atoms with E-state index in [1.165, 1.54) is 12.4 Å². The van der Waals surface area contributed by atoms with Crippen LogP contribution >= 0.6 is 0 Å². The summed E-state index contributed by atoms with van der Waals surface area (Å²) >= 11 is 0. The van der Waals surface area contributed by atoms with Gasteiger partial charge in [0.05, 0.1) is 26.3 Å². The van der Waals surface area contributed by atoms with E-state index in [-0.39, 0.29) is 24.0 Å². The molecule has 2 N–H and O–H groups in total. The molecule has 0 aliphatic rings. The molecule has 0 atom stereocenters. The first-order valence-electron chi connectivity index (χ1n) is 9.82. The van der Waals surface area contributed by atoms with Gasteiger partial charge in [0.1, 0.15) is 17.9 Å². The van der Waals surface area contributed by atoms with Crippen molar-refractivity contribution < 1.29 is 29.0 Å². The van der Waals surface area contributed by atoms with E-state index in [4.69, 9.17) is 14.6 Å². The molecule has 3 aromatic rings. The third-order valence-corrected chi connectivity index (χ3v) is 4.59. The highest BCUT2D eigenvalue weighted by molar-refractivity contribution is 6.06. The summed E-state index contributed by atoms with van der Waals surface area (Å²) in [6, 6.07) is 14.4. The van der Waals surface area contributed by atoms with E-state index in [9.17, 15) is 14.4 Å². The molecular formula is C23H22N4O6. The Kier molecular flexibility index (Phi) is 7.53. The lowest BCUT2D eigenvalue weighted by molar-refractivity contribution is -0.139. The van der Waals surface area contributed by atoms with Gasteiger partial charge in [-0.3, -0.25) is 19.7 Å². The Balaban J connectivity index is 1.84. The lowest BCUT2D eigenvalue weighted by Crippen LogP contribution is -2.30. The van der Waals surface area contributed by atoms with Crippen molar-refractivity contribution in [3.8, 4) is 11.5 Å². The highest BCUT2D eigenvalue weighted by Gasteiger charge is 2.20. The van der Waals surface area contributed by atoms with Crippen LogP contribution in [0.5, 0.6) is 11.5 Å². The fourth-order valence-corrected chi connectivity index (χ4v) is 2.92. The first-order valence-corrected chi connectivity index (χ1v) is 9.82. The number of carboxylic acid groups (broad SMARTS) is 1. The van der Waals surface area contributed by atoms with E-state index in [0.29, 0.717) is 17.2 Å². The number of hydrogen-bond donors (Lipinski definition) is 2. The van der Waals surface area contributed by atoms with Gasteiger partial charge in [0.25, 0.3) is 5.91 Å². The normalized spacial score (nSPS) is 10.2. The largest absolute Gasteiger partial charge is 0.497 e. The van der Waals surface area contributed by atoms with Crippen molar-refractivity contribution in [3.63, 3.8) is 0 Å². The number of carbonyl (C=O) groups excluding carboxylic acids is 2. The molecule has 0 aliphatic heterocycles. The predicted molar refractivity (Wildman–Crippen MR) is 119 cm³/mol. The van der Waals surface area contributed by atoms with Gasteiger partial charge < -0.3 is 19.5 Å². The highest BCUT2D eigenvalue weighted by Crippen LogP contribution is 2.24. The molecule has 2 aromatic carbocycles. The van der Waals surface area contributed by atoms with E-state index < -0.39 is 18.3 Å². The van der Waals surface area contributed by atoms with Crippen LogP contribution in [0.2, 0.25) is 0 Å². The van der Waals surface area contributed by atoms with Crippen molar-refractivity contribution in [2.45, 2.75) is 13.0 Å². The molecule has 0 unspecified atom stereocenters. The van der Waals surface area contributed by atoms with Gasteiger partial charge in [0, 0.05) is 18.1 Å². The summed E-state index contributed by atoms with van der Waals surface area (Å²) in [7, 11) is 3.14. The molecule has 0 aliphatic carbocycles. The first-order chi connectivity index (χ1) is 15.9. The highest BCUT2D eigenvalue weighted by atomic mass is 16.5. The minimum absolute atomic E-state index is 0.0936. The maximum Gasteiger partial charge on any atom is 0.312 e. The van der Waals surface area contributed by atoms with Crippen molar-refractivity contribution >= 4 is 29.4 Å². The van der Waals surface area contributed by atoms with Crippen molar-refractivity contribution in [3.05, 3.63) is 72.1 Å². The molecule has 1 heterocycles. The number of nitrogens with zero attached hydrogens (tertiary/aromatic N) is 3. The number of ether oxygens (including phenoxy) is 2. The lowest BCUT2D eigenvalue weighted by atomic mass is 10.1. The second-order valence-corrected chi connectivity index (χ2v) is 6.85. The van der Waals surface area contributed by atoms with E-state index in [1.54, 1.807) is 43.4 Å². The van der Waals surface area contributed by atoms with Crippen LogP contribution < -0.4 is 19.7 Å². The summed E-state index contributed by atoms with van der Waals surface area (Å²) in [6.07, 6.45) is 1.84. The van der Waals surface area contributed by atoms with Crippen LogP contribution in [0, 0.1) is 0 Å². The van der Waals surface area contributed by atoms with Gasteiger partial charge in [-0.25, -0.2) is 9.97 Å². The maximum atomic E-state index is 13.3. The molecule has 1 aromatic heterocycles. The number of anilines is 2. The summed E-state index contributed by atoms with van der Waals surface area (Å²) in [5, 5.41) is 10.9. The Morgan fingerprint density at radius 3 is 1.97 bits per heavy atom. The number of hydrogen-bond acceptors (Lipinski definition) is 7. The summed E-state index contributed by atoms with van der Waals surface area (Å²) in [6.45, 7) is 0.270. The van der Waals surface area contributed by atoms with Crippen molar-refractivity contribution in [1.82, 2.24) is 9.97 Å². The summed E-state index contributed by atoms with van der Waals surface area (Å²) in [4.78, 5) is 45.0. The molecule has 0 saturated heterocycles. The molecule has 10 nitrogen and oxygen atoms in total. The van der Waals surface area contributed by atoms with E-state index in [1.807, 2.05) is 24.3 Å². The molecule has 170 valence electrons. The zero-order valence-corrected chi connectivity index (χ0v) is 18.0. The van der Waals surface area contributed by atoms with Crippen LogP contribution in [0.4, 0.5) is 11.6 Å². The quantitative estimate of drug-likeness (QED) is 0.476. The molecule has 33 heavy (non-hydrogen) atoms. The number of nitrogens with one attached hydrogen (secondary N) is 1. The third kappa shape index (κ3) is 6.26. The van der Waals surface area contributed by atoms with E-state index in [0.717, 1.165) is 5.56 Å². The number of aliphatic carboxylic acids is 1. The Labute approximate surface area is 189 Å². The predicted octanol–water partition coefficient (Wildman–Crippen LogP) is 2.75. The Morgan fingerprint density at radius 1 is 0.909 bits per heavy atom. The molecule has 10 heteroatoms.